The lowest BCUT2D eigenvalue weighted by molar-refractivity contribution is 0.0563. The molecule has 0 spiro atoms. The number of methoxy groups -OCH3 is 1. The highest BCUT2D eigenvalue weighted by atomic mass is 35.5. The van der Waals surface area contributed by atoms with Crippen molar-refractivity contribution in [3.8, 4) is 0 Å². The summed E-state index contributed by atoms with van der Waals surface area (Å²) in [5, 5.41) is 0.608. The number of halogens is 1. The van der Waals surface area contributed by atoms with Crippen LogP contribution in [0.1, 0.15) is 28.5 Å². The molecular formula is C14H14ClNO3S. The molecule has 20 heavy (non-hydrogen) atoms. The van der Waals surface area contributed by atoms with Gasteiger partial charge in [-0.05, 0) is 37.3 Å². The Hall–Kier alpha value is -1.59. The maximum atomic E-state index is 11.3. The summed E-state index contributed by atoms with van der Waals surface area (Å²) in [4.78, 5) is 12.2. The highest BCUT2D eigenvalue weighted by molar-refractivity contribution is 7.99. The second-order valence-electron chi connectivity index (χ2n) is 4.14. The summed E-state index contributed by atoms with van der Waals surface area (Å²) in [6, 6.07) is 8.72. The van der Waals surface area contributed by atoms with Crippen molar-refractivity contribution in [3.05, 3.63) is 46.9 Å². The first-order valence-electron chi connectivity index (χ1n) is 5.91. The fourth-order valence-electron chi connectivity index (χ4n) is 1.64. The van der Waals surface area contributed by atoms with Gasteiger partial charge in [-0.1, -0.05) is 11.6 Å². The van der Waals surface area contributed by atoms with Crippen molar-refractivity contribution in [3.63, 3.8) is 0 Å². The molecule has 0 saturated carbocycles. The summed E-state index contributed by atoms with van der Waals surface area (Å²) in [6.07, 6.45) is 0. The van der Waals surface area contributed by atoms with Gasteiger partial charge in [0.25, 0.3) is 0 Å². The highest BCUT2D eigenvalue weighted by Crippen LogP contribution is 2.39. The average molecular weight is 312 g/mol. The smallest absolute Gasteiger partial charge is 0.373 e. The van der Waals surface area contributed by atoms with E-state index in [0.29, 0.717) is 16.5 Å². The van der Waals surface area contributed by atoms with Crippen LogP contribution in [0.25, 0.3) is 0 Å². The van der Waals surface area contributed by atoms with Crippen molar-refractivity contribution in [1.82, 2.24) is 0 Å². The molecule has 0 aliphatic heterocycles. The van der Waals surface area contributed by atoms with E-state index in [2.05, 4.69) is 4.74 Å². The van der Waals surface area contributed by atoms with Crippen LogP contribution in [-0.4, -0.2) is 13.1 Å². The van der Waals surface area contributed by atoms with Crippen molar-refractivity contribution in [2.24, 2.45) is 0 Å². The number of benzene rings is 1. The van der Waals surface area contributed by atoms with E-state index >= 15 is 0 Å². The summed E-state index contributed by atoms with van der Waals surface area (Å²) in [5.41, 5.74) is 6.28. The molecule has 0 amide bonds. The molecule has 2 rings (SSSR count). The van der Waals surface area contributed by atoms with Crippen molar-refractivity contribution in [2.45, 2.75) is 17.1 Å². The molecule has 0 fully saturated rings. The van der Waals surface area contributed by atoms with Crippen LogP contribution in [0.4, 0.5) is 5.69 Å². The lowest BCUT2D eigenvalue weighted by Crippen LogP contribution is -1.98. The topological polar surface area (TPSA) is 65.5 Å². The van der Waals surface area contributed by atoms with Gasteiger partial charge in [-0.3, -0.25) is 0 Å². The number of esters is 1. The molecule has 2 N–H and O–H groups in total. The van der Waals surface area contributed by atoms with Crippen LogP contribution in [0.5, 0.6) is 0 Å². The molecule has 2 aromatic rings. The lowest BCUT2D eigenvalue weighted by Gasteiger charge is -2.10. The van der Waals surface area contributed by atoms with Gasteiger partial charge >= 0.3 is 5.97 Å². The van der Waals surface area contributed by atoms with E-state index in [1.165, 1.54) is 18.9 Å². The Morgan fingerprint density at radius 1 is 1.40 bits per heavy atom. The van der Waals surface area contributed by atoms with Gasteiger partial charge < -0.3 is 14.9 Å². The minimum Gasteiger partial charge on any atom is -0.463 e. The summed E-state index contributed by atoms with van der Waals surface area (Å²) >= 11 is 7.66. The zero-order valence-electron chi connectivity index (χ0n) is 11.1. The summed E-state index contributed by atoms with van der Waals surface area (Å²) in [7, 11) is 1.32. The fourth-order valence-corrected chi connectivity index (χ4v) is 2.91. The predicted octanol–water partition coefficient (Wildman–Crippen LogP) is 4.16. The van der Waals surface area contributed by atoms with Crippen molar-refractivity contribution in [1.29, 1.82) is 0 Å². The van der Waals surface area contributed by atoms with E-state index in [0.717, 1.165) is 4.90 Å². The fraction of sp³-hybridized carbons (Fsp3) is 0.214. The third-order valence-corrected chi connectivity index (χ3v) is 4.29. The number of furan rings is 1. The van der Waals surface area contributed by atoms with Gasteiger partial charge in [0.2, 0.25) is 5.76 Å². The largest absolute Gasteiger partial charge is 0.463 e. The Labute approximate surface area is 126 Å². The zero-order chi connectivity index (χ0) is 14.7. The average Bonchev–Trinajstić information content (AvgIpc) is 2.90. The third kappa shape index (κ3) is 3.29. The van der Waals surface area contributed by atoms with Crippen molar-refractivity contribution >= 4 is 35.0 Å². The number of hydrogen-bond donors (Lipinski definition) is 1. The number of nitrogen functional groups attached to an aromatic ring is 1. The lowest BCUT2D eigenvalue weighted by atomic mass is 10.3. The molecule has 1 unspecified atom stereocenters. The molecule has 1 aromatic carbocycles. The summed E-state index contributed by atoms with van der Waals surface area (Å²) in [5.74, 6) is 0.389. The van der Waals surface area contributed by atoms with Gasteiger partial charge in [0.05, 0.1) is 17.4 Å². The molecule has 0 radical (unpaired) electrons. The standard InChI is InChI=1S/C14H14ClNO3S/c1-8(11-4-5-12(19-11)14(17)18-2)20-13-6-3-9(16)7-10(13)15/h3-8H,16H2,1-2H3. The molecule has 106 valence electrons. The molecule has 1 atom stereocenters. The highest BCUT2D eigenvalue weighted by Gasteiger charge is 2.17. The monoisotopic (exact) mass is 311 g/mol. The first kappa shape index (κ1) is 14.8. The Bertz CT molecular complexity index is 627. The molecule has 1 aromatic heterocycles. The molecular weight excluding hydrogens is 298 g/mol. The Balaban J connectivity index is 2.13. The van der Waals surface area contributed by atoms with Crippen molar-refractivity contribution in [2.75, 3.05) is 12.8 Å². The number of nitrogens with two attached hydrogens (primary N) is 1. The summed E-state index contributed by atoms with van der Waals surface area (Å²) in [6.45, 7) is 1.97. The van der Waals surface area contributed by atoms with E-state index in [4.69, 9.17) is 21.8 Å². The van der Waals surface area contributed by atoms with Crippen LogP contribution in [0.15, 0.2) is 39.6 Å². The first-order chi connectivity index (χ1) is 9.51. The molecule has 1 heterocycles. The quantitative estimate of drug-likeness (QED) is 0.522. The minimum absolute atomic E-state index is 0.00882. The molecule has 0 aliphatic carbocycles. The Morgan fingerprint density at radius 3 is 2.80 bits per heavy atom. The van der Waals surface area contributed by atoms with E-state index in [1.807, 2.05) is 13.0 Å². The van der Waals surface area contributed by atoms with E-state index in [9.17, 15) is 4.79 Å². The van der Waals surface area contributed by atoms with Crippen LogP contribution in [0, 0.1) is 0 Å². The third-order valence-electron chi connectivity index (χ3n) is 2.67. The number of ether oxygens (including phenoxy) is 1. The Kier molecular flexibility index (Phi) is 4.62. The molecule has 0 saturated heterocycles. The van der Waals surface area contributed by atoms with E-state index in [1.54, 1.807) is 24.3 Å². The van der Waals surface area contributed by atoms with Gasteiger partial charge in [0, 0.05) is 10.6 Å². The molecule has 0 bridgehead atoms. The number of rotatable bonds is 4. The summed E-state index contributed by atoms with van der Waals surface area (Å²) < 4.78 is 10.1. The molecule has 6 heteroatoms. The van der Waals surface area contributed by atoms with Gasteiger partial charge in [-0.2, -0.15) is 0 Å². The normalized spacial score (nSPS) is 12.2. The van der Waals surface area contributed by atoms with Crippen LogP contribution in [-0.2, 0) is 4.74 Å². The van der Waals surface area contributed by atoms with Crippen LogP contribution in [0.2, 0.25) is 5.02 Å². The SMILES string of the molecule is COC(=O)c1ccc(C(C)Sc2ccc(N)cc2Cl)o1. The van der Waals surface area contributed by atoms with Crippen LogP contribution < -0.4 is 5.73 Å². The second-order valence-corrected chi connectivity index (χ2v) is 5.93. The van der Waals surface area contributed by atoms with Crippen molar-refractivity contribution < 1.29 is 13.9 Å². The van der Waals surface area contributed by atoms with Crippen LogP contribution >= 0.6 is 23.4 Å². The predicted molar refractivity (Wildman–Crippen MR) is 80.2 cm³/mol. The molecule has 0 aliphatic rings. The van der Waals surface area contributed by atoms with Gasteiger partial charge in [0.15, 0.2) is 0 Å². The Morgan fingerprint density at radius 2 is 2.15 bits per heavy atom. The number of carbonyl (C=O) groups excluding carboxylic acids is 1. The maximum absolute atomic E-state index is 11.3. The maximum Gasteiger partial charge on any atom is 0.373 e. The molecule has 4 nitrogen and oxygen atoms in total. The minimum atomic E-state index is -0.487. The van der Waals surface area contributed by atoms with Crippen LogP contribution in [0.3, 0.4) is 0 Å². The second kappa shape index (κ2) is 6.24. The number of thioether (sulfide) groups is 1. The van der Waals surface area contributed by atoms with Gasteiger partial charge in [0.1, 0.15) is 5.76 Å². The number of hydrogen-bond acceptors (Lipinski definition) is 5. The number of anilines is 1. The van der Waals surface area contributed by atoms with E-state index in [-0.39, 0.29) is 11.0 Å². The first-order valence-corrected chi connectivity index (χ1v) is 7.16. The zero-order valence-corrected chi connectivity index (χ0v) is 12.6. The van der Waals surface area contributed by atoms with Gasteiger partial charge in [-0.15, -0.1) is 11.8 Å². The van der Waals surface area contributed by atoms with Gasteiger partial charge in [-0.25, -0.2) is 4.79 Å². The van der Waals surface area contributed by atoms with E-state index < -0.39 is 5.97 Å². The number of carbonyl (C=O) groups is 1.